The van der Waals surface area contributed by atoms with Crippen molar-refractivity contribution in [2.24, 2.45) is 0 Å². The van der Waals surface area contributed by atoms with Crippen LogP contribution in [-0.4, -0.2) is 23.6 Å². The van der Waals surface area contributed by atoms with E-state index in [4.69, 9.17) is 4.42 Å². The highest BCUT2D eigenvalue weighted by Crippen LogP contribution is 2.17. The average Bonchev–Trinajstić information content (AvgIpc) is 2.83. The van der Waals surface area contributed by atoms with E-state index in [-0.39, 0.29) is 6.03 Å². The lowest BCUT2D eigenvalue weighted by Gasteiger charge is -2.22. The molecule has 2 N–H and O–H groups in total. The minimum atomic E-state index is -0.0691. The van der Waals surface area contributed by atoms with E-state index in [0.717, 1.165) is 18.5 Å². The van der Waals surface area contributed by atoms with Gasteiger partial charge in [0.05, 0.1) is 5.69 Å². The zero-order chi connectivity index (χ0) is 11.9. The Morgan fingerprint density at radius 1 is 1.41 bits per heavy atom. The first-order valence-corrected chi connectivity index (χ1v) is 6.26. The molecular weight excluding hydrogens is 218 g/mol. The van der Waals surface area contributed by atoms with Gasteiger partial charge in [-0.1, -0.05) is 19.3 Å². The number of carbonyl (C=O) groups is 1. The van der Waals surface area contributed by atoms with E-state index in [1.54, 1.807) is 6.26 Å². The fraction of sp³-hybridized carbons (Fsp3) is 0.667. The topological polar surface area (TPSA) is 67.2 Å². The molecule has 2 amide bonds. The molecule has 1 aliphatic rings. The summed E-state index contributed by atoms with van der Waals surface area (Å²) in [7, 11) is 0. The van der Waals surface area contributed by atoms with Gasteiger partial charge in [0, 0.05) is 19.0 Å². The van der Waals surface area contributed by atoms with Crippen LogP contribution < -0.4 is 10.6 Å². The van der Waals surface area contributed by atoms with Gasteiger partial charge in [-0.3, -0.25) is 0 Å². The first-order chi connectivity index (χ1) is 8.34. The number of urea groups is 1. The zero-order valence-electron chi connectivity index (χ0n) is 9.95. The summed E-state index contributed by atoms with van der Waals surface area (Å²) in [6, 6.07) is 0.288. The molecule has 1 saturated carbocycles. The lowest BCUT2D eigenvalue weighted by molar-refractivity contribution is 0.233. The normalized spacial score (nSPS) is 16.7. The molecule has 0 aromatic carbocycles. The van der Waals surface area contributed by atoms with Gasteiger partial charge in [0.15, 0.2) is 6.39 Å². The first kappa shape index (κ1) is 12.0. The predicted molar refractivity (Wildman–Crippen MR) is 63.6 cm³/mol. The summed E-state index contributed by atoms with van der Waals surface area (Å²) in [5, 5.41) is 5.84. The van der Waals surface area contributed by atoms with Gasteiger partial charge in [-0.2, -0.15) is 0 Å². The standard InChI is InChI=1S/C12H19N3O2/c16-12(15-10-4-2-1-3-5-10)13-7-6-11-8-17-9-14-11/h8-10H,1-7H2,(H2,13,15,16). The van der Waals surface area contributed by atoms with Crippen LogP contribution in [0, 0.1) is 0 Å². The Bertz CT molecular complexity index is 332. The average molecular weight is 237 g/mol. The fourth-order valence-corrected chi connectivity index (χ4v) is 2.15. The maximum absolute atomic E-state index is 11.6. The largest absolute Gasteiger partial charge is 0.451 e. The number of carbonyl (C=O) groups excluding carboxylic acids is 1. The SMILES string of the molecule is O=C(NCCc1cocn1)NC1CCCCC1. The number of rotatable bonds is 4. The second-order valence-corrected chi connectivity index (χ2v) is 4.46. The van der Waals surface area contributed by atoms with E-state index in [1.165, 1.54) is 25.7 Å². The highest BCUT2D eigenvalue weighted by Gasteiger charge is 2.15. The van der Waals surface area contributed by atoms with Crippen LogP contribution in [0.4, 0.5) is 4.79 Å². The molecule has 0 aliphatic heterocycles. The number of hydrogen-bond donors (Lipinski definition) is 2. The van der Waals surface area contributed by atoms with Gasteiger partial charge in [0.25, 0.3) is 0 Å². The number of nitrogens with one attached hydrogen (secondary N) is 2. The molecule has 1 aromatic heterocycles. The maximum atomic E-state index is 11.6. The third-order valence-corrected chi connectivity index (χ3v) is 3.09. The highest BCUT2D eigenvalue weighted by molar-refractivity contribution is 5.74. The highest BCUT2D eigenvalue weighted by atomic mass is 16.3. The molecule has 5 nitrogen and oxygen atoms in total. The first-order valence-electron chi connectivity index (χ1n) is 6.26. The molecule has 0 unspecified atom stereocenters. The number of nitrogens with zero attached hydrogens (tertiary/aromatic N) is 1. The molecule has 1 fully saturated rings. The second-order valence-electron chi connectivity index (χ2n) is 4.46. The van der Waals surface area contributed by atoms with Gasteiger partial charge < -0.3 is 15.1 Å². The summed E-state index contributed by atoms with van der Waals surface area (Å²) in [6.45, 7) is 0.588. The van der Waals surface area contributed by atoms with Crippen molar-refractivity contribution >= 4 is 6.03 Å². The Morgan fingerprint density at radius 3 is 2.94 bits per heavy atom. The molecule has 0 bridgehead atoms. The lowest BCUT2D eigenvalue weighted by atomic mass is 9.96. The molecule has 94 valence electrons. The zero-order valence-corrected chi connectivity index (χ0v) is 9.95. The molecule has 0 saturated heterocycles. The quantitative estimate of drug-likeness (QED) is 0.839. The molecule has 5 heteroatoms. The lowest BCUT2D eigenvalue weighted by Crippen LogP contribution is -2.43. The van der Waals surface area contributed by atoms with Gasteiger partial charge in [0.2, 0.25) is 0 Å². The smallest absolute Gasteiger partial charge is 0.315 e. The van der Waals surface area contributed by atoms with Crippen molar-refractivity contribution in [1.82, 2.24) is 15.6 Å². The molecule has 0 radical (unpaired) electrons. The Hall–Kier alpha value is -1.52. The molecule has 2 rings (SSSR count). The van der Waals surface area contributed by atoms with Gasteiger partial charge in [-0.25, -0.2) is 9.78 Å². The number of aromatic nitrogens is 1. The summed E-state index contributed by atoms with van der Waals surface area (Å²) in [5.41, 5.74) is 0.864. The van der Waals surface area contributed by atoms with Crippen LogP contribution in [0.15, 0.2) is 17.1 Å². The molecule has 17 heavy (non-hydrogen) atoms. The number of hydrogen-bond acceptors (Lipinski definition) is 3. The Labute approximate surface area is 101 Å². The van der Waals surface area contributed by atoms with Crippen LogP contribution in [0.1, 0.15) is 37.8 Å². The van der Waals surface area contributed by atoms with Crippen LogP contribution in [0.2, 0.25) is 0 Å². The van der Waals surface area contributed by atoms with E-state index in [1.807, 2.05) is 0 Å². The molecule has 0 spiro atoms. The summed E-state index contributed by atoms with van der Waals surface area (Å²) in [5.74, 6) is 0. The van der Waals surface area contributed by atoms with Crippen LogP contribution in [0.25, 0.3) is 0 Å². The van der Waals surface area contributed by atoms with E-state index >= 15 is 0 Å². The van der Waals surface area contributed by atoms with Crippen LogP contribution in [0.5, 0.6) is 0 Å². The van der Waals surface area contributed by atoms with Crippen molar-refractivity contribution in [1.29, 1.82) is 0 Å². The van der Waals surface area contributed by atoms with Crippen molar-refractivity contribution in [2.45, 2.75) is 44.6 Å². The Kier molecular flexibility index (Phi) is 4.41. The minimum absolute atomic E-state index is 0.0691. The molecule has 1 heterocycles. The molecule has 1 aromatic rings. The van der Waals surface area contributed by atoms with E-state index in [2.05, 4.69) is 15.6 Å². The van der Waals surface area contributed by atoms with Crippen LogP contribution >= 0.6 is 0 Å². The second kappa shape index (κ2) is 6.27. The van der Waals surface area contributed by atoms with Crippen molar-refractivity contribution in [2.75, 3.05) is 6.54 Å². The van der Waals surface area contributed by atoms with Crippen molar-refractivity contribution in [3.05, 3.63) is 18.4 Å². The van der Waals surface area contributed by atoms with E-state index in [9.17, 15) is 4.79 Å². The van der Waals surface area contributed by atoms with Gasteiger partial charge >= 0.3 is 6.03 Å². The van der Waals surface area contributed by atoms with E-state index < -0.39 is 0 Å². The van der Waals surface area contributed by atoms with E-state index in [0.29, 0.717) is 19.0 Å². The Morgan fingerprint density at radius 2 is 2.24 bits per heavy atom. The summed E-state index contributed by atoms with van der Waals surface area (Å²) < 4.78 is 4.85. The molecule has 0 atom stereocenters. The van der Waals surface area contributed by atoms with Crippen molar-refractivity contribution in [3.8, 4) is 0 Å². The molecular formula is C12H19N3O2. The monoisotopic (exact) mass is 237 g/mol. The minimum Gasteiger partial charge on any atom is -0.451 e. The predicted octanol–water partition coefficient (Wildman–Crippen LogP) is 1.85. The Balaban J connectivity index is 1.60. The van der Waals surface area contributed by atoms with Gasteiger partial charge in [-0.05, 0) is 12.8 Å². The van der Waals surface area contributed by atoms with Gasteiger partial charge in [0.1, 0.15) is 6.26 Å². The van der Waals surface area contributed by atoms with Gasteiger partial charge in [-0.15, -0.1) is 0 Å². The number of amides is 2. The third kappa shape index (κ3) is 4.09. The third-order valence-electron chi connectivity index (χ3n) is 3.09. The molecule has 1 aliphatic carbocycles. The van der Waals surface area contributed by atoms with Crippen LogP contribution in [-0.2, 0) is 6.42 Å². The summed E-state index contributed by atoms with van der Waals surface area (Å²) in [4.78, 5) is 15.6. The summed E-state index contributed by atoms with van der Waals surface area (Å²) in [6.07, 6.45) is 9.67. The van der Waals surface area contributed by atoms with Crippen molar-refractivity contribution < 1.29 is 9.21 Å². The van der Waals surface area contributed by atoms with Crippen LogP contribution in [0.3, 0.4) is 0 Å². The summed E-state index contributed by atoms with van der Waals surface area (Å²) >= 11 is 0. The fourth-order valence-electron chi connectivity index (χ4n) is 2.15. The van der Waals surface area contributed by atoms with Crippen molar-refractivity contribution in [3.63, 3.8) is 0 Å². The maximum Gasteiger partial charge on any atom is 0.315 e. The number of oxazole rings is 1.